The van der Waals surface area contributed by atoms with Crippen LogP contribution in [0.25, 0.3) is 10.2 Å². The molecule has 0 unspecified atom stereocenters. The van der Waals surface area contributed by atoms with Gasteiger partial charge in [-0.2, -0.15) is 0 Å². The summed E-state index contributed by atoms with van der Waals surface area (Å²) >= 11 is 7.30. The molecule has 3 aromatic carbocycles. The van der Waals surface area contributed by atoms with Crippen LogP contribution in [0.15, 0.2) is 72.8 Å². The zero-order valence-corrected chi connectivity index (χ0v) is 23.0. The van der Waals surface area contributed by atoms with E-state index in [1.54, 1.807) is 11.3 Å². The molecule has 9 heteroatoms. The third-order valence-corrected chi connectivity index (χ3v) is 7.65. The van der Waals surface area contributed by atoms with Gasteiger partial charge in [-0.05, 0) is 48.9 Å². The molecular weight excluding hydrogens is 516 g/mol. The van der Waals surface area contributed by atoms with E-state index in [0.29, 0.717) is 18.1 Å². The molecule has 0 radical (unpaired) electrons. The lowest BCUT2D eigenvalue weighted by atomic mass is 10.2. The molecule has 1 saturated heterocycles. The van der Waals surface area contributed by atoms with Gasteiger partial charge in [0, 0.05) is 44.4 Å². The first kappa shape index (κ1) is 26.5. The molecule has 0 aliphatic carbocycles. The summed E-state index contributed by atoms with van der Waals surface area (Å²) in [6, 6.07) is 23.9. The van der Waals surface area contributed by atoms with Crippen molar-refractivity contribution in [2.45, 2.75) is 19.6 Å². The van der Waals surface area contributed by atoms with E-state index in [4.69, 9.17) is 21.7 Å². The average Bonchev–Trinajstić information content (AvgIpc) is 3.32. The molecule has 0 amide bonds. The number of thiazole rings is 1. The van der Waals surface area contributed by atoms with Gasteiger partial charge in [0.25, 0.3) is 0 Å². The van der Waals surface area contributed by atoms with Crippen molar-refractivity contribution in [2.24, 2.45) is 0 Å². The van der Waals surface area contributed by atoms with Gasteiger partial charge in [-0.15, -0.1) is 11.3 Å². The van der Waals surface area contributed by atoms with Gasteiger partial charge in [0.15, 0.2) is 0 Å². The molecule has 5 rings (SSSR count). The summed E-state index contributed by atoms with van der Waals surface area (Å²) in [4.78, 5) is 7.45. The Kier molecular flexibility index (Phi) is 8.83. The van der Waals surface area contributed by atoms with Crippen LogP contribution in [0.3, 0.4) is 0 Å². The number of β-amino-alcohol motifs (C(OH)–C–C–N with tert-alkyl or cyclic N) is 1. The number of aryl methyl sites for hydroxylation is 1. The van der Waals surface area contributed by atoms with E-state index in [9.17, 15) is 5.11 Å². The standard InChI is InChI=1S/C29H32N4O3S2/c1-21-30-27-17-26(11-12-28(27)38-21)36-20-24(34)18-32-13-15-33(16-14-32)31-29(37)23-7-9-25(10-8-23)35-19-22-5-3-2-4-6-22/h2-12,17,24,34H,13-16,18-20H2,1H3,(H,31,37)/t24-/m1/s1. The second-order valence-electron chi connectivity index (χ2n) is 9.35. The minimum Gasteiger partial charge on any atom is -0.491 e. The third kappa shape index (κ3) is 7.27. The highest BCUT2D eigenvalue weighted by Gasteiger charge is 2.20. The number of ether oxygens (including phenoxy) is 2. The van der Waals surface area contributed by atoms with Crippen LogP contribution in [-0.4, -0.2) is 70.4 Å². The van der Waals surface area contributed by atoms with Crippen molar-refractivity contribution in [1.82, 2.24) is 20.3 Å². The van der Waals surface area contributed by atoms with Crippen LogP contribution in [-0.2, 0) is 6.61 Å². The zero-order valence-electron chi connectivity index (χ0n) is 21.4. The first-order valence-electron chi connectivity index (χ1n) is 12.7. The number of aliphatic hydroxyl groups excluding tert-OH is 1. The number of nitrogens with zero attached hydrogens (tertiary/aromatic N) is 3. The van der Waals surface area contributed by atoms with Gasteiger partial charge >= 0.3 is 0 Å². The predicted octanol–water partition coefficient (Wildman–Crippen LogP) is 4.42. The van der Waals surface area contributed by atoms with E-state index < -0.39 is 6.10 Å². The van der Waals surface area contributed by atoms with Crippen molar-refractivity contribution in [3.8, 4) is 11.5 Å². The van der Waals surface area contributed by atoms with Crippen molar-refractivity contribution < 1.29 is 14.6 Å². The summed E-state index contributed by atoms with van der Waals surface area (Å²) in [7, 11) is 0. The summed E-state index contributed by atoms with van der Waals surface area (Å²) in [5.41, 5.74) is 6.38. The normalized spacial score (nSPS) is 15.3. The van der Waals surface area contributed by atoms with E-state index in [1.165, 1.54) is 0 Å². The van der Waals surface area contributed by atoms with E-state index in [-0.39, 0.29) is 6.61 Å². The Morgan fingerprint density at radius 1 is 1.00 bits per heavy atom. The third-order valence-electron chi connectivity index (χ3n) is 6.37. The lowest BCUT2D eigenvalue weighted by Gasteiger charge is -2.36. The van der Waals surface area contributed by atoms with Gasteiger partial charge in [-0.3, -0.25) is 4.90 Å². The number of hydrogen-bond donors (Lipinski definition) is 2. The highest BCUT2D eigenvalue weighted by molar-refractivity contribution is 7.80. The first-order chi connectivity index (χ1) is 18.5. The van der Waals surface area contributed by atoms with Gasteiger partial charge in [0.05, 0.1) is 15.2 Å². The molecule has 198 valence electrons. The molecule has 7 nitrogen and oxygen atoms in total. The number of hydrazine groups is 1. The molecule has 1 aliphatic heterocycles. The Morgan fingerprint density at radius 3 is 2.50 bits per heavy atom. The van der Waals surface area contributed by atoms with Crippen LogP contribution in [0.5, 0.6) is 11.5 Å². The number of rotatable bonds is 10. The van der Waals surface area contributed by atoms with Crippen LogP contribution in [0.4, 0.5) is 0 Å². The number of benzene rings is 3. The fraction of sp³-hybridized carbons (Fsp3) is 0.310. The molecule has 1 atom stereocenters. The van der Waals surface area contributed by atoms with Crippen LogP contribution in [0, 0.1) is 6.92 Å². The highest BCUT2D eigenvalue weighted by atomic mass is 32.1. The molecule has 1 aliphatic rings. The second-order valence-corrected chi connectivity index (χ2v) is 11.0. The number of fused-ring (bicyclic) bond motifs is 1. The van der Waals surface area contributed by atoms with Crippen LogP contribution in [0.1, 0.15) is 16.1 Å². The van der Waals surface area contributed by atoms with E-state index in [0.717, 1.165) is 64.0 Å². The molecule has 38 heavy (non-hydrogen) atoms. The maximum absolute atomic E-state index is 10.5. The van der Waals surface area contributed by atoms with E-state index in [2.05, 4.69) is 20.3 Å². The number of nitrogens with one attached hydrogen (secondary N) is 1. The lowest BCUT2D eigenvalue weighted by molar-refractivity contribution is 0.0408. The Morgan fingerprint density at radius 2 is 1.74 bits per heavy atom. The first-order valence-corrected chi connectivity index (χ1v) is 14.0. The maximum Gasteiger partial charge on any atom is 0.121 e. The molecule has 0 bridgehead atoms. The Hall–Kier alpha value is -3.08. The molecule has 0 saturated carbocycles. The number of aliphatic hydroxyl groups is 1. The van der Waals surface area contributed by atoms with Crippen molar-refractivity contribution >= 4 is 38.8 Å². The van der Waals surface area contributed by atoms with Gasteiger partial charge in [0.2, 0.25) is 0 Å². The topological polar surface area (TPSA) is 70.1 Å². The summed E-state index contributed by atoms with van der Waals surface area (Å²) in [5, 5.41) is 13.7. The van der Waals surface area contributed by atoms with Crippen LogP contribution < -0.4 is 14.9 Å². The molecule has 2 heterocycles. The smallest absolute Gasteiger partial charge is 0.121 e. The van der Waals surface area contributed by atoms with Crippen molar-refractivity contribution in [2.75, 3.05) is 39.3 Å². The molecule has 2 N–H and O–H groups in total. The molecule has 1 aromatic heterocycles. The minimum atomic E-state index is -0.564. The highest BCUT2D eigenvalue weighted by Crippen LogP contribution is 2.25. The summed E-state index contributed by atoms with van der Waals surface area (Å²) in [6.45, 7) is 6.65. The number of hydrogen-bond acceptors (Lipinski definition) is 8. The Bertz CT molecular complexity index is 1340. The second kappa shape index (κ2) is 12.6. The lowest BCUT2D eigenvalue weighted by Crippen LogP contribution is -2.54. The van der Waals surface area contributed by atoms with Gasteiger partial charge in [-0.1, -0.05) is 42.5 Å². The average molecular weight is 549 g/mol. The van der Waals surface area contributed by atoms with Crippen LogP contribution >= 0.6 is 23.6 Å². The Labute approximate surface area is 232 Å². The molecule has 1 fully saturated rings. The van der Waals surface area contributed by atoms with Crippen molar-refractivity contribution in [3.63, 3.8) is 0 Å². The van der Waals surface area contributed by atoms with Gasteiger partial charge in [0.1, 0.15) is 35.8 Å². The number of aromatic nitrogens is 1. The van der Waals surface area contributed by atoms with Gasteiger partial charge < -0.3 is 20.0 Å². The molecular formula is C29H32N4O3S2. The van der Waals surface area contributed by atoms with E-state index in [1.807, 2.05) is 79.7 Å². The van der Waals surface area contributed by atoms with Crippen molar-refractivity contribution in [1.29, 1.82) is 0 Å². The Balaban J connectivity index is 1.01. The number of piperazine rings is 1. The zero-order chi connectivity index (χ0) is 26.3. The van der Waals surface area contributed by atoms with Gasteiger partial charge in [-0.25, -0.2) is 9.99 Å². The summed E-state index contributed by atoms with van der Waals surface area (Å²) < 4.78 is 12.8. The predicted molar refractivity (Wildman–Crippen MR) is 156 cm³/mol. The molecule has 4 aromatic rings. The summed E-state index contributed by atoms with van der Waals surface area (Å²) in [5.74, 6) is 1.55. The fourth-order valence-electron chi connectivity index (χ4n) is 4.35. The van der Waals surface area contributed by atoms with Crippen LogP contribution in [0.2, 0.25) is 0 Å². The SMILES string of the molecule is Cc1nc2cc(OC[C@H](O)CN3CCN(NC(=S)c4ccc(OCc5ccccc5)cc4)CC3)ccc2s1. The fourth-order valence-corrected chi connectivity index (χ4v) is 5.42. The quantitative estimate of drug-likeness (QED) is 0.282. The minimum absolute atomic E-state index is 0.252. The van der Waals surface area contributed by atoms with Crippen molar-refractivity contribution in [3.05, 3.63) is 88.9 Å². The molecule has 0 spiro atoms. The van der Waals surface area contributed by atoms with E-state index >= 15 is 0 Å². The summed E-state index contributed by atoms with van der Waals surface area (Å²) in [6.07, 6.45) is -0.564. The monoisotopic (exact) mass is 548 g/mol. The number of thiocarbonyl (C=S) groups is 1. The maximum atomic E-state index is 10.5. The largest absolute Gasteiger partial charge is 0.491 e.